The first-order valence-electron chi connectivity index (χ1n) is 2.65. The van der Waals surface area contributed by atoms with Crippen molar-refractivity contribution < 1.29 is 4.79 Å². The van der Waals surface area contributed by atoms with Crippen LogP contribution in [0.2, 0.25) is 0 Å². The van der Waals surface area contributed by atoms with Crippen LogP contribution in [0.5, 0.6) is 0 Å². The van der Waals surface area contributed by atoms with Crippen LogP contribution in [0.3, 0.4) is 0 Å². The number of hydrogen-bond acceptors (Lipinski definition) is 1. The Morgan fingerprint density at radius 2 is 1.70 bits per heavy atom. The van der Waals surface area contributed by atoms with Crippen molar-refractivity contribution in [3.05, 3.63) is 35.9 Å². The van der Waals surface area contributed by atoms with Gasteiger partial charge >= 0.3 is 17.1 Å². The summed E-state index contributed by atoms with van der Waals surface area (Å²) in [7, 11) is 0. The van der Waals surface area contributed by atoms with Crippen molar-refractivity contribution in [1.29, 1.82) is 0 Å². The van der Waals surface area contributed by atoms with Crippen LogP contribution in [0.4, 0.5) is 0 Å². The second-order valence-electron chi connectivity index (χ2n) is 1.73. The van der Waals surface area contributed by atoms with Gasteiger partial charge in [-0.1, -0.05) is 18.2 Å². The van der Waals surface area contributed by atoms with Gasteiger partial charge in [0, 0.05) is 5.56 Å². The Bertz CT molecular complexity index is 210. The number of carbonyl (C=O) groups excluding carboxylic acids is 1. The molecule has 3 heteroatoms. The van der Waals surface area contributed by atoms with Gasteiger partial charge in [0.25, 0.3) is 0 Å². The first-order chi connectivity index (χ1) is 4.30. The summed E-state index contributed by atoms with van der Waals surface area (Å²) in [5.74, 6) is -0.379. The molecular formula is C7H9NOSe. The van der Waals surface area contributed by atoms with Gasteiger partial charge in [-0.15, -0.1) is 0 Å². The first-order valence-corrected chi connectivity index (χ1v) is 2.65. The molecular weight excluding hydrogens is 193 g/mol. The molecule has 54 valence electrons. The van der Waals surface area contributed by atoms with E-state index in [-0.39, 0.29) is 23.0 Å². The van der Waals surface area contributed by atoms with Crippen molar-refractivity contribution in [3.63, 3.8) is 0 Å². The topological polar surface area (TPSA) is 43.1 Å². The normalized spacial score (nSPS) is 8.00. The predicted molar refractivity (Wildman–Crippen MR) is 43.5 cm³/mol. The molecule has 1 aromatic rings. The number of hydrogen-bond donors (Lipinski definition) is 1. The minimum absolute atomic E-state index is 0. The van der Waals surface area contributed by atoms with E-state index < -0.39 is 0 Å². The molecule has 0 bridgehead atoms. The molecule has 0 saturated carbocycles. The van der Waals surface area contributed by atoms with Crippen LogP contribution in [0, 0.1) is 0 Å². The SMILES string of the molecule is NC(=O)c1ccccc1.[SeH2]. The maximum atomic E-state index is 10.4. The van der Waals surface area contributed by atoms with E-state index in [9.17, 15) is 4.79 Å². The molecule has 0 saturated heterocycles. The van der Waals surface area contributed by atoms with Crippen LogP contribution in [-0.4, -0.2) is 23.0 Å². The van der Waals surface area contributed by atoms with E-state index in [0.717, 1.165) is 0 Å². The molecule has 0 radical (unpaired) electrons. The molecule has 0 aliphatic rings. The second-order valence-corrected chi connectivity index (χ2v) is 1.73. The third-order valence-corrected chi connectivity index (χ3v) is 1.06. The fourth-order valence-electron chi connectivity index (χ4n) is 0.602. The molecule has 1 aromatic carbocycles. The fraction of sp³-hybridized carbons (Fsp3) is 0. The number of primary amides is 1. The molecule has 0 fully saturated rings. The zero-order valence-electron chi connectivity index (χ0n) is 5.37. The van der Waals surface area contributed by atoms with Crippen molar-refractivity contribution in [2.24, 2.45) is 5.73 Å². The third-order valence-electron chi connectivity index (χ3n) is 1.06. The summed E-state index contributed by atoms with van der Waals surface area (Å²) in [5.41, 5.74) is 5.53. The Hall–Kier alpha value is -0.791. The molecule has 0 heterocycles. The standard InChI is InChI=1S/C7H7NO.H2Se/c8-7(9)6-4-2-1-3-5-6;/h1-5H,(H2,8,9);1H2. The molecule has 0 atom stereocenters. The molecule has 2 N–H and O–H groups in total. The van der Waals surface area contributed by atoms with Crippen LogP contribution in [-0.2, 0) is 0 Å². The van der Waals surface area contributed by atoms with Crippen molar-refractivity contribution in [2.45, 2.75) is 0 Å². The average molecular weight is 202 g/mol. The summed E-state index contributed by atoms with van der Waals surface area (Å²) in [6.07, 6.45) is 0. The molecule has 1 rings (SSSR count). The maximum absolute atomic E-state index is 10.4. The third kappa shape index (κ3) is 2.21. The van der Waals surface area contributed by atoms with Gasteiger partial charge in [-0.05, 0) is 12.1 Å². The van der Waals surface area contributed by atoms with Gasteiger partial charge in [0.15, 0.2) is 0 Å². The summed E-state index contributed by atoms with van der Waals surface area (Å²) in [4.78, 5) is 10.4. The minimum atomic E-state index is -0.379. The van der Waals surface area contributed by atoms with Crippen LogP contribution in [0.1, 0.15) is 10.4 Å². The average Bonchev–Trinajstić information content (AvgIpc) is 1.90. The molecule has 0 spiro atoms. The molecule has 0 aliphatic carbocycles. The first kappa shape index (κ1) is 9.21. The summed E-state index contributed by atoms with van der Waals surface area (Å²) >= 11 is 0. The zero-order chi connectivity index (χ0) is 6.69. The van der Waals surface area contributed by atoms with E-state index in [1.165, 1.54) is 0 Å². The van der Waals surface area contributed by atoms with Gasteiger partial charge in [-0.25, -0.2) is 0 Å². The number of amides is 1. The van der Waals surface area contributed by atoms with Crippen LogP contribution >= 0.6 is 0 Å². The van der Waals surface area contributed by atoms with E-state index in [0.29, 0.717) is 5.56 Å². The van der Waals surface area contributed by atoms with Gasteiger partial charge in [-0.2, -0.15) is 0 Å². The Labute approximate surface area is 69.9 Å². The molecule has 0 aromatic heterocycles. The van der Waals surface area contributed by atoms with Crippen LogP contribution in [0.25, 0.3) is 0 Å². The summed E-state index contributed by atoms with van der Waals surface area (Å²) in [6, 6.07) is 8.76. The second kappa shape index (κ2) is 4.09. The van der Waals surface area contributed by atoms with Crippen LogP contribution in [0.15, 0.2) is 30.3 Å². The molecule has 2 nitrogen and oxygen atoms in total. The van der Waals surface area contributed by atoms with Gasteiger partial charge in [0.1, 0.15) is 0 Å². The van der Waals surface area contributed by atoms with Gasteiger partial charge < -0.3 is 5.73 Å². The Morgan fingerprint density at radius 1 is 1.20 bits per heavy atom. The van der Waals surface area contributed by atoms with Crippen molar-refractivity contribution in [2.75, 3.05) is 0 Å². The van der Waals surface area contributed by atoms with E-state index in [1.54, 1.807) is 24.3 Å². The van der Waals surface area contributed by atoms with E-state index in [4.69, 9.17) is 5.73 Å². The van der Waals surface area contributed by atoms with Crippen molar-refractivity contribution >= 4 is 23.0 Å². The monoisotopic (exact) mass is 203 g/mol. The fourth-order valence-corrected chi connectivity index (χ4v) is 0.602. The van der Waals surface area contributed by atoms with Gasteiger partial charge in [0.05, 0.1) is 0 Å². The number of nitrogens with two attached hydrogens (primary N) is 1. The summed E-state index contributed by atoms with van der Waals surface area (Å²) in [6.45, 7) is 0. The van der Waals surface area contributed by atoms with Crippen molar-refractivity contribution in [3.8, 4) is 0 Å². The van der Waals surface area contributed by atoms with Crippen molar-refractivity contribution in [1.82, 2.24) is 0 Å². The Balaban J connectivity index is 0.000000810. The number of benzene rings is 1. The Morgan fingerprint density at radius 3 is 2.00 bits per heavy atom. The van der Waals surface area contributed by atoms with E-state index in [2.05, 4.69) is 0 Å². The summed E-state index contributed by atoms with van der Waals surface area (Å²) in [5, 5.41) is 0. The van der Waals surface area contributed by atoms with Crippen LogP contribution < -0.4 is 5.73 Å². The molecule has 1 amide bonds. The number of rotatable bonds is 1. The number of carbonyl (C=O) groups is 1. The van der Waals surface area contributed by atoms with E-state index in [1.807, 2.05) is 6.07 Å². The van der Waals surface area contributed by atoms with Gasteiger partial charge in [-0.3, -0.25) is 4.79 Å². The zero-order valence-corrected chi connectivity index (χ0v) is 7.47. The quantitative estimate of drug-likeness (QED) is 0.633. The van der Waals surface area contributed by atoms with Gasteiger partial charge in [0.2, 0.25) is 5.91 Å². The summed E-state index contributed by atoms with van der Waals surface area (Å²) < 4.78 is 0. The van der Waals surface area contributed by atoms with E-state index >= 15 is 0 Å². The Kier molecular flexibility index (Phi) is 3.77. The molecule has 0 aliphatic heterocycles. The molecule has 10 heavy (non-hydrogen) atoms. The molecule has 0 unspecified atom stereocenters. The predicted octanol–water partition coefficient (Wildman–Crippen LogP) is -0.131.